The van der Waals surface area contributed by atoms with Crippen molar-refractivity contribution in [2.24, 2.45) is 5.41 Å². The molecule has 0 atom stereocenters. The number of amides is 3. The van der Waals surface area contributed by atoms with E-state index in [2.05, 4.69) is 16.0 Å². The minimum Gasteiger partial charge on any atom is -0.359 e. The monoisotopic (exact) mass is 444 g/mol. The van der Waals surface area contributed by atoms with Crippen LogP contribution in [0.4, 0.5) is 0 Å². The Morgan fingerprint density at radius 1 is 0.903 bits per heavy atom. The number of hydrogen-bond donors (Lipinski definition) is 3. The van der Waals surface area contributed by atoms with E-state index in [4.69, 9.17) is 0 Å². The Bertz CT molecular complexity index is 544. The van der Waals surface area contributed by atoms with Gasteiger partial charge >= 0.3 is 0 Å². The largest absolute Gasteiger partial charge is 0.359 e. The van der Waals surface area contributed by atoms with Crippen LogP contribution in [0.1, 0.15) is 81.1 Å². The predicted molar refractivity (Wildman–Crippen MR) is 128 cm³/mol. The molecule has 184 valence electrons. The molecule has 3 N–H and O–H groups in total. The van der Waals surface area contributed by atoms with Crippen LogP contribution in [-0.2, 0) is 19.2 Å². The van der Waals surface area contributed by atoms with E-state index in [1.54, 1.807) is 7.05 Å². The van der Waals surface area contributed by atoms with E-state index in [1.807, 2.05) is 67.5 Å². The first-order valence-electron chi connectivity index (χ1n) is 11.1. The molecule has 0 saturated heterocycles. The van der Waals surface area contributed by atoms with Crippen LogP contribution in [0, 0.1) is 5.41 Å². The van der Waals surface area contributed by atoms with E-state index in [1.165, 1.54) is 6.92 Å². The molecule has 0 radical (unpaired) electrons. The quantitative estimate of drug-likeness (QED) is 0.454. The number of likely N-dealkylation sites (N-methyl/N-ethyl adjacent to an activating group) is 1. The molecule has 0 unspecified atom stereocenters. The first-order valence-corrected chi connectivity index (χ1v) is 11.1. The Balaban J connectivity index is -0.000000476. The highest BCUT2D eigenvalue weighted by Crippen LogP contribution is 2.28. The summed E-state index contributed by atoms with van der Waals surface area (Å²) in [6.07, 6.45) is 1.71. The molecule has 0 aromatic heterocycles. The van der Waals surface area contributed by atoms with Gasteiger partial charge in [-0.3, -0.25) is 14.4 Å². The maximum atomic E-state index is 11.6. The van der Waals surface area contributed by atoms with Gasteiger partial charge in [0.25, 0.3) is 0 Å². The molecule has 8 nitrogen and oxygen atoms in total. The summed E-state index contributed by atoms with van der Waals surface area (Å²) in [4.78, 5) is 46.6. The maximum absolute atomic E-state index is 11.6. The number of hydrogen-bond acceptors (Lipinski definition) is 5. The number of nitrogens with one attached hydrogen (secondary N) is 3. The SMILES string of the molecule is CC.CC(=O)CCC(=O)NCCN(C)C.CCC(=O)NC(C)(C)CC(C)(C)C(=O)NC. The van der Waals surface area contributed by atoms with Crippen molar-refractivity contribution in [1.29, 1.82) is 0 Å². The lowest BCUT2D eigenvalue weighted by atomic mass is 9.79. The van der Waals surface area contributed by atoms with Crippen LogP contribution in [-0.4, -0.2) is 68.2 Å². The summed E-state index contributed by atoms with van der Waals surface area (Å²) in [5.74, 6) is 0.0174. The zero-order chi connectivity index (χ0) is 25.3. The molecule has 0 fully saturated rings. The average Bonchev–Trinajstić information content (AvgIpc) is 2.66. The Morgan fingerprint density at radius 3 is 1.81 bits per heavy atom. The number of nitrogens with zero attached hydrogens (tertiary/aromatic N) is 1. The fourth-order valence-electron chi connectivity index (χ4n) is 2.83. The molecule has 0 heterocycles. The summed E-state index contributed by atoms with van der Waals surface area (Å²) in [6.45, 7) is 16.4. The zero-order valence-electron chi connectivity index (χ0n) is 21.8. The Morgan fingerprint density at radius 2 is 1.42 bits per heavy atom. The fourth-order valence-corrected chi connectivity index (χ4v) is 2.83. The Kier molecular flexibility index (Phi) is 19.2. The van der Waals surface area contributed by atoms with Crippen molar-refractivity contribution in [2.45, 2.75) is 86.6 Å². The molecule has 0 bridgehead atoms. The molecule has 31 heavy (non-hydrogen) atoms. The predicted octanol–water partition coefficient (Wildman–Crippen LogP) is 2.51. The fraction of sp³-hybridized carbons (Fsp3) is 0.826. The standard InChI is InChI=1S/C12H24N2O2.C9H18N2O2.C2H6/c1-7-9(15)14-12(4,5)8-11(2,3)10(16)13-6;1-8(12)4-5-9(13)10-6-7-11(2)3;1-2/h7-8H2,1-6H3,(H,13,16)(H,14,15);4-7H2,1-3H3,(H,10,13);1-2H3. The van der Waals surface area contributed by atoms with Crippen LogP contribution in [0.25, 0.3) is 0 Å². The van der Waals surface area contributed by atoms with Gasteiger partial charge in [0, 0.05) is 50.4 Å². The molecule has 0 aromatic rings. The van der Waals surface area contributed by atoms with Gasteiger partial charge in [0.1, 0.15) is 5.78 Å². The molecule has 8 heteroatoms. The average molecular weight is 445 g/mol. The van der Waals surface area contributed by atoms with Crippen molar-refractivity contribution in [3.05, 3.63) is 0 Å². The lowest BCUT2D eigenvalue weighted by molar-refractivity contribution is -0.131. The van der Waals surface area contributed by atoms with Gasteiger partial charge in [0.05, 0.1) is 0 Å². The second-order valence-corrected chi connectivity index (χ2v) is 8.78. The third-order valence-electron chi connectivity index (χ3n) is 4.11. The van der Waals surface area contributed by atoms with E-state index >= 15 is 0 Å². The van der Waals surface area contributed by atoms with Gasteiger partial charge in [0.15, 0.2) is 0 Å². The van der Waals surface area contributed by atoms with Gasteiger partial charge in [-0.2, -0.15) is 0 Å². The van der Waals surface area contributed by atoms with E-state index in [9.17, 15) is 19.2 Å². The summed E-state index contributed by atoms with van der Waals surface area (Å²) in [6, 6.07) is 0. The molecule has 3 amide bonds. The van der Waals surface area contributed by atoms with Crippen molar-refractivity contribution in [3.63, 3.8) is 0 Å². The molecule has 0 aliphatic heterocycles. The van der Waals surface area contributed by atoms with Gasteiger partial charge < -0.3 is 25.6 Å². The van der Waals surface area contributed by atoms with E-state index in [0.717, 1.165) is 6.54 Å². The normalized spacial score (nSPS) is 10.7. The van der Waals surface area contributed by atoms with Crippen LogP contribution >= 0.6 is 0 Å². The number of carbonyl (C=O) groups is 4. The molecule has 0 aliphatic rings. The van der Waals surface area contributed by atoms with Gasteiger partial charge in [-0.15, -0.1) is 0 Å². The lowest BCUT2D eigenvalue weighted by Crippen LogP contribution is -2.49. The number of Topliss-reactive ketones (excluding diaryl/α,β-unsaturated/α-hetero) is 1. The highest BCUT2D eigenvalue weighted by Gasteiger charge is 2.34. The molecule has 0 spiro atoms. The highest BCUT2D eigenvalue weighted by molar-refractivity contribution is 5.83. The summed E-state index contributed by atoms with van der Waals surface area (Å²) in [7, 11) is 5.52. The third kappa shape index (κ3) is 21.1. The summed E-state index contributed by atoms with van der Waals surface area (Å²) in [5, 5.41) is 8.30. The minimum absolute atomic E-state index is 0.00803. The summed E-state index contributed by atoms with van der Waals surface area (Å²) < 4.78 is 0. The Labute approximate surface area is 190 Å². The van der Waals surface area contributed by atoms with Crippen molar-refractivity contribution in [1.82, 2.24) is 20.9 Å². The van der Waals surface area contributed by atoms with Crippen molar-refractivity contribution in [2.75, 3.05) is 34.2 Å². The number of rotatable bonds is 11. The van der Waals surface area contributed by atoms with Crippen molar-refractivity contribution >= 4 is 23.5 Å². The summed E-state index contributed by atoms with van der Waals surface area (Å²) in [5.41, 5.74) is -0.859. The van der Waals surface area contributed by atoms with Gasteiger partial charge in [-0.1, -0.05) is 34.6 Å². The molecular formula is C23H48N4O4. The second kappa shape index (κ2) is 17.7. The van der Waals surface area contributed by atoms with E-state index in [0.29, 0.717) is 32.2 Å². The molecule has 0 rings (SSSR count). The molecule has 0 aliphatic carbocycles. The van der Waals surface area contributed by atoms with Crippen LogP contribution in [0.2, 0.25) is 0 Å². The van der Waals surface area contributed by atoms with Crippen molar-refractivity contribution < 1.29 is 19.2 Å². The van der Waals surface area contributed by atoms with Gasteiger partial charge in [0.2, 0.25) is 17.7 Å². The molecule has 0 saturated carbocycles. The van der Waals surface area contributed by atoms with Crippen molar-refractivity contribution in [3.8, 4) is 0 Å². The van der Waals surface area contributed by atoms with Crippen LogP contribution < -0.4 is 16.0 Å². The zero-order valence-corrected chi connectivity index (χ0v) is 21.8. The minimum atomic E-state index is -0.487. The van der Waals surface area contributed by atoms with Crippen LogP contribution in [0.15, 0.2) is 0 Å². The van der Waals surface area contributed by atoms with E-state index in [-0.39, 0.29) is 29.0 Å². The first-order chi connectivity index (χ1) is 14.2. The third-order valence-corrected chi connectivity index (χ3v) is 4.11. The smallest absolute Gasteiger partial charge is 0.225 e. The molecule has 0 aromatic carbocycles. The van der Waals surface area contributed by atoms with Gasteiger partial charge in [-0.25, -0.2) is 0 Å². The first kappa shape index (κ1) is 33.7. The number of carbonyl (C=O) groups excluding carboxylic acids is 4. The van der Waals surface area contributed by atoms with Crippen LogP contribution in [0.3, 0.4) is 0 Å². The molecular weight excluding hydrogens is 396 g/mol. The lowest BCUT2D eigenvalue weighted by Gasteiger charge is -2.34. The van der Waals surface area contributed by atoms with Crippen LogP contribution in [0.5, 0.6) is 0 Å². The van der Waals surface area contributed by atoms with Gasteiger partial charge in [-0.05, 0) is 41.3 Å². The van der Waals surface area contributed by atoms with E-state index < -0.39 is 5.41 Å². The Hall–Kier alpha value is -1.96. The second-order valence-electron chi connectivity index (χ2n) is 8.78. The topological polar surface area (TPSA) is 108 Å². The summed E-state index contributed by atoms with van der Waals surface area (Å²) >= 11 is 0. The highest BCUT2D eigenvalue weighted by atomic mass is 16.2. The number of ketones is 1. The maximum Gasteiger partial charge on any atom is 0.225 e.